The third-order valence-corrected chi connectivity index (χ3v) is 5.63. The molecule has 0 spiro atoms. The van der Waals surface area contributed by atoms with Gasteiger partial charge in [-0.3, -0.25) is 0 Å². The molecule has 1 aliphatic heterocycles. The van der Waals surface area contributed by atoms with Crippen molar-refractivity contribution in [2.45, 2.75) is 17.7 Å². The number of anilines is 1. The Kier molecular flexibility index (Phi) is 5.08. The van der Waals surface area contributed by atoms with E-state index in [1.54, 1.807) is 0 Å². The highest BCUT2D eigenvalue weighted by Gasteiger charge is 2.23. The molecule has 1 aromatic rings. The number of benzene rings is 1. The number of nitrogens with one attached hydrogen (secondary N) is 1. The first-order valence-corrected chi connectivity index (χ1v) is 8.58. The monoisotopic (exact) mass is 335 g/mol. The van der Waals surface area contributed by atoms with Crippen molar-refractivity contribution >= 4 is 27.3 Å². The molecule has 0 atom stereocenters. The first-order valence-electron chi connectivity index (χ1n) is 6.72. The Morgan fingerprint density at radius 3 is 2.67 bits per heavy atom. The maximum atomic E-state index is 13.2. The van der Waals surface area contributed by atoms with Crippen molar-refractivity contribution in [3.05, 3.63) is 23.0 Å². The molecule has 118 valence electrons. The van der Waals surface area contributed by atoms with Gasteiger partial charge in [0, 0.05) is 6.54 Å². The summed E-state index contributed by atoms with van der Waals surface area (Å²) in [5.74, 6) is -0.429. The van der Waals surface area contributed by atoms with Gasteiger partial charge in [0.25, 0.3) is 0 Å². The number of halogens is 2. The molecule has 0 bridgehead atoms. The lowest BCUT2D eigenvalue weighted by Gasteiger charge is -2.28. The van der Waals surface area contributed by atoms with Gasteiger partial charge in [-0.15, -0.1) is 0 Å². The molecule has 1 saturated heterocycles. The number of piperidine rings is 1. The summed E-state index contributed by atoms with van der Waals surface area (Å²) in [5.41, 5.74) is 5.17. The van der Waals surface area contributed by atoms with Crippen LogP contribution in [0.4, 0.5) is 10.1 Å². The lowest BCUT2D eigenvalue weighted by atomic mass is 9.98. The Balaban J connectivity index is 2.07. The molecule has 0 amide bonds. The van der Waals surface area contributed by atoms with E-state index < -0.39 is 15.8 Å². The van der Waals surface area contributed by atoms with Crippen molar-refractivity contribution in [3.8, 4) is 0 Å². The Bertz CT molecular complexity index is 616. The second-order valence-electron chi connectivity index (χ2n) is 5.40. The van der Waals surface area contributed by atoms with Gasteiger partial charge in [-0.2, -0.15) is 0 Å². The van der Waals surface area contributed by atoms with Gasteiger partial charge in [0.15, 0.2) is 0 Å². The summed E-state index contributed by atoms with van der Waals surface area (Å²) in [6.07, 6.45) is 1.89. The molecule has 21 heavy (non-hydrogen) atoms. The van der Waals surface area contributed by atoms with Crippen LogP contribution in [0.3, 0.4) is 0 Å². The molecule has 3 N–H and O–H groups in total. The fourth-order valence-corrected chi connectivity index (χ4v) is 3.99. The Labute approximate surface area is 129 Å². The quantitative estimate of drug-likeness (QED) is 0.821. The molecule has 2 rings (SSSR count). The van der Waals surface area contributed by atoms with Gasteiger partial charge >= 0.3 is 0 Å². The van der Waals surface area contributed by atoms with E-state index in [0.717, 1.165) is 38.1 Å². The normalized spacial score (nSPS) is 18.0. The summed E-state index contributed by atoms with van der Waals surface area (Å²) in [7, 11) is -1.74. The maximum Gasteiger partial charge on any atom is 0.242 e. The summed E-state index contributed by atoms with van der Waals surface area (Å²) in [6, 6.07) is 1.97. The van der Waals surface area contributed by atoms with E-state index in [9.17, 15) is 12.8 Å². The minimum absolute atomic E-state index is 0.169. The van der Waals surface area contributed by atoms with Crippen molar-refractivity contribution in [3.63, 3.8) is 0 Å². The summed E-state index contributed by atoms with van der Waals surface area (Å²) in [6.45, 7) is 2.26. The number of rotatable bonds is 4. The zero-order chi connectivity index (χ0) is 15.6. The third kappa shape index (κ3) is 4.06. The molecule has 0 aromatic heterocycles. The highest BCUT2D eigenvalue weighted by molar-refractivity contribution is 7.89. The van der Waals surface area contributed by atoms with Crippen LogP contribution < -0.4 is 10.5 Å². The molecule has 0 saturated carbocycles. The predicted molar refractivity (Wildman–Crippen MR) is 81.2 cm³/mol. The fourth-order valence-electron chi connectivity index (χ4n) is 2.32. The smallest absolute Gasteiger partial charge is 0.242 e. The molecule has 1 heterocycles. The van der Waals surface area contributed by atoms with Crippen LogP contribution in [0.2, 0.25) is 5.02 Å². The van der Waals surface area contributed by atoms with E-state index in [0.29, 0.717) is 12.5 Å². The predicted octanol–water partition coefficient (Wildman–Crippen LogP) is 1.68. The van der Waals surface area contributed by atoms with E-state index in [1.807, 2.05) is 7.05 Å². The van der Waals surface area contributed by atoms with Crippen LogP contribution in [0, 0.1) is 11.7 Å². The van der Waals surface area contributed by atoms with E-state index >= 15 is 0 Å². The van der Waals surface area contributed by atoms with Crippen molar-refractivity contribution in [1.82, 2.24) is 9.62 Å². The summed E-state index contributed by atoms with van der Waals surface area (Å²) >= 11 is 5.81. The van der Waals surface area contributed by atoms with Crippen molar-refractivity contribution in [1.29, 1.82) is 0 Å². The molecule has 1 fully saturated rings. The summed E-state index contributed by atoms with van der Waals surface area (Å²) in [4.78, 5) is 2.03. The molecule has 0 radical (unpaired) electrons. The van der Waals surface area contributed by atoms with Gasteiger partial charge < -0.3 is 10.6 Å². The van der Waals surface area contributed by atoms with Crippen molar-refractivity contribution in [2.24, 2.45) is 5.92 Å². The number of nitrogen functional groups attached to an aromatic ring is 1. The first kappa shape index (κ1) is 16.5. The molecular formula is C13H19ClFN3O2S. The van der Waals surface area contributed by atoms with E-state index in [1.165, 1.54) is 0 Å². The topological polar surface area (TPSA) is 75.4 Å². The van der Waals surface area contributed by atoms with Crippen LogP contribution in [0.5, 0.6) is 0 Å². The van der Waals surface area contributed by atoms with Gasteiger partial charge in [-0.05, 0) is 51.0 Å². The van der Waals surface area contributed by atoms with Crippen LogP contribution >= 0.6 is 11.6 Å². The number of nitrogens with two attached hydrogens (primary N) is 1. The van der Waals surface area contributed by atoms with E-state index in [2.05, 4.69) is 9.62 Å². The number of hydrogen-bond acceptors (Lipinski definition) is 4. The minimum Gasteiger partial charge on any atom is -0.396 e. The maximum absolute atomic E-state index is 13.2. The van der Waals surface area contributed by atoms with Gasteiger partial charge in [-0.1, -0.05) is 11.6 Å². The average Bonchev–Trinajstić information content (AvgIpc) is 2.42. The van der Waals surface area contributed by atoms with Crippen LogP contribution in [-0.2, 0) is 10.0 Å². The fraction of sp³-hybridized carbons (Fsp3) is 0.538. The average molecular weight is 336 g/mol. The summed E-state index contributed by atoms with van der Waals surface area (Å²) in [5, 5.41) is -0.169. The van der Waals surface area contributed by atoms with Gasteiger partial charge in [0.05, 0.1) is 10.7 Å². The Morgan fingerprint density at radius 1 is 1.43 bits per heavy atom. The largest absolute Gasteiger partial charge is 0.396 e. The van der Waals surface area contributed by atoms with E-state index in [-0.39, 0.29) is 15.6 Å². The Hall–Kier alpha value is -0.890. The number of hydrogen-bond donors (Lipinski definition) is 2. The molecule has 5 nitrogen and oxygen atoms in total. The molecule has 0 unspecified atom stereocenters. The second-order valence-corrected chi connectivity index (χ2v) is 7.55. The molecule has 0 aliphatic carbocycles. The third-order valence-electron chi connectivity index (χ3n) is 3.74. The van der Waals surface area contributed by atoms with Gasteiger partial charge in [-0.25, -0.2) is 17.5 Å². The number of likely N-dealkylation sites (tertiary alicyclic amines) is 1. The van der Waals surface area contributed by atoms with Gasteiger partial charge in [0.1, 0.15) is 10.7 Å². The lowest BCUT2D eigenvalue weighted by Crippen LogP contribution is -2.37. The van der Waals surface area contributed by atoms with Gasteiger partial charge in [0.2, 0.25) is 10.0 Å². The van der Waals surface area contributed by atoms with Crippen LogP contribution in [0.1, 0.15) is 12.8 Å². The van der Waals surface area contributed by atoms with Crippen molar-refractivity contribution in [2.75, 3.05) is 32.4 Å². The van der Waals surface area contributed by atoms with E-state index in [4.69, 9.17) is 17.3 Å². The zero-order valence-electron chi connectivity index (χ0n) is 11.8. The lowest BCUT2D eigenvalue weighted by molar-refractivity contribution is 0.220. The van der Waals surface area contributed by atoms with Crippen molar-refractivity contribution < 1.29 is 12.8 Å². The molecule has 1 aromatic carbocycles. The Morgan fingerprint density at radius 2 is 2.05 bits per heavy atom. The zero-order valence-corrected chi connectivity index (χ0v) is 13.3. The van der Waals surface area contributed by atoms with Crippen LogP contribution in [0.15, 0.2) is 17.0 Å². The van der Waals surface area contributed by atoms with Crippen LogP contribution in [-0.4, -0.2) is 40.0 Å². The standard InChI is InChI=1S/C13H19ClFN3O2S/c1-18-4-2-9(3-5-18)8-17-21(19,20)13-7-12(16)11(15)6-10(13)14/h6-7,9,17H,2-5,8,16H2,1H3. The molecular weight excluding hydrogens is 317 g/mol. The molecule has 8 heteroatoms. The highest BCUT2D eigenvalue weighted by atomic mass is 35.5. The SMILES string of the molecule is CN1CCC(CNS(=O)(=O)c2cc(N)c(F)cc2Cl)CC1. The number of sulfonamides is 1. The molecule has 1 aliphatic rings. The number of nitrogens with zero attached hydrogens (tertiary/aromatic N) is 1. The highest BCUT2D eigenvalue weighted by Crippen LogP contribution is 2.26. The summed E-state index contributed by atoms with van der Waals surface area (Å²) < 4.78 is 40.2. The van der Waals surface area contributed by atoms with Crippen LogP contribution in [0.25, 0.3) is 0 Å². The first-order chi connectivity index (χ1) is 9.79. The second kappa shape index (κ2) is 6.48. The minimum atomic E-state index is -3.79.